The standard InChI is InChI=1S/C22H23N3O5S/c1-22(2,3)30-21(28)25-12-13(10-17(25)20(26)27)29-18-11-16(14-6-4-5-8-23-14)24-15-7-9-31-19(15)18/h4-9,11,13,17H,10,12H2,1-3H3,(H,26,27). The molecule has 0 spiro atoms. The first kappa shape index (κ1) is 21.0. The van der Waals surface area contributed by atoms with Gasteiger partial charge in [-0.2, -0.15) is 0 Å². The maximum Gasteiger partial charge on any atom is 0.411 e. The number of carbonyl (C=O) groups excluding carboxylic acids is 1. The van der Waals surface area contributed by atoms with Crippen LogP contribution in [0.5, 0.6) is 5.75 Å². The molecule has 8 nitrogen and oxygen atoms in total. The van der Waals surface area contributed by atoms with E-state index in [0.717, 1.165) is 10.2 Å². The largest absolute Gasteiger partial charge is 0.487 e. The van der Waals surface area contributed by atoms with Crippen LogP contribution in [-0.4, -0.2) is 56.3 Å². The molecule has 1 fully saturated rings. The number of thiophene rings is 1. The van der Waals surface area contributed by atoms with E-state index >= 15 is 0 Å². The van der Waals surface area contributed by atoms with Crippen LogP contribution in [0, 0.1) is 0 Å². The van der Waals surface area contributed by atoms with E-state index in [1.54, 1.807) is 27.0 Å². The van der Waals surface area contributed by atoms with Gasteiger partial charge in [0.1, 0.15) is 23.5 Å². The van der Waals surface area contributed by atoms with E-state index in [9.17, 15) is 14.7 Å². The van der Waals surface area contributed by atoms with Gasteiger partial charge in [-0.25, -0.2) is 14.6 Å². The third-order valence-electron chi connectivity index (χ3n) is 4.77. The van der Waals surface area contributed by atoms with Crippen LogP contribution in [0.4, 0.5) is 4.79 Å². The number of fused-ring (bicyclic) bond motifs is 1. The summed E-state index contributed by atoms with van der Waals surface area (Å²) in [6.45, 7) is 5.36. The summed E-state index contributed by atoms with van der Waals surface area (Å²) >= 11 is 1.49. The maximum absolute atomic E-state index is 12.6. The van der Waals surface area contributed by atoms with Gasteiger partial charge < -0.3 is 14.6 Å². The molecular formula is C22H23N3O5S. The number of carbonyl (C=O) groups is 2. The first-order valence-corrected chi connectivity index (χ1v) is 10.8. The SMILES string of the molecule is CC(C)(C)OC(=O)N1CC(Oc2cc(-c3ccccn3)nc3ccsc23)CC1C(=O)O. The molecule has 0 aromatic carbocycles. The van der Waals surface area contributed by atoms with E-state index < -0.39 is 29.8 Å². The first-order valence-electron chi connectivity index (χ1n) is 9.90. The molecule has 1 amide bonds. The predicted octanol–water partition coefficient (Wildman–Crippen LogP) is 4.20. The van der Waals surface area contributed by atoms with Gasteiger partial charge >= 0.3 is 12.1 Å². The van der Waals surface area contributed by atoms with Gasteiger partial charge in [0.05, 0.1) is 28.1 Å². The van der Waals surface area contributed by atoms with Crippen LogP contribution < -0.4 is 4.74 Å². The fourth-order valence-corrected chi connectivity index (χ4v) is 4.27. The zero-order chi connectivity index (χ0) is 22.2. The number of carboxylic acid groups (broad SMARTS) is 1. The fourth-order valence-electron chi connectivity index (χ4n) is 3.48. The molecule has 4 heterocycles. The summed E-state index contributed by atoms with van der Waals surface area (Å²) < 4.78 is 12.5. The molecule has 2 atom stereocenters. The van der Waals surface area contributed by atoms with Crippen LogP contribution in [0.2, 0.25) is 0 Å². The zero-order valence-electron chi connectivity index (χ0n) is 17.4. The fraction of sp³-hybridized carbons (Fsp3) is 0.364. The van der Waals surface area contributed by atoms with Crippen LogP contribution in [0.15, 0.2) is 41.9 Å². The number of amides is 1. The smallest absolute Gasteiger partial charge is 0.411 e. The Hall–Kier alpha value is -3.20. The van der Waals surface area contributed by atoms with Crippen molar-refractivity contribution in [3.05, 3.63) is 41.9 Å². The third-order valence-corrected chi connectivity index (χ3v) is 5.69. The quantitative estimate of drug-likeness (QED) is 0.647. The second kappa shape index (κ2) is 8.14. The van der Waals surface area contributed by atoms with Gasteiger partial charge in [-0.05, 0) is 44.4 Å². The summed E-state index contributed by atoms with van der Waals surface area (Å²) in [7, 11) is 0. The molecule has 1 N–H and O–H groups in total. The highest BCUT2D eigenvalue weighted by Crippen LogP contribution is 2.35. The average molecular weight is 442 g/mol. The Balaban J connectivity index is 1.61. The van der Waals surface area contributed by atoms with Crippen LogP contribution in [0.1, 0.15) is 27.2 Å². The number of carboxylic acids is 1. The summed E-state index contributed by atoms with van der Waals surface area (Å²) in [4.78, 5) is 34.6. The van der Waals surface area contributed by atoms with Crippen molar-refractivity contribution in [2.75, 3.05) is 6.54 Å². The van der Waals surface area contributed by atoms with Gasteiger partial charge in [-0.1, -0.05) is 6.07 Å². The molecule has 0 bridgehead atoms. The van der Waals surface area contributed by atoms with Crippen molar-refractivity contribution in [3.8, 4) is 17.1 Å². The van der Waals surface area contributed by atoms with Gasteiger partial charge in [-0.15, -0.1) is 11.3 Å². The summed E-state index contributed by atoms with van der Waals surface area (Å²) in [6.07, 6.45) is 0.722. The van der Waals surface area contributed by atoms with E-state index in [1.807, 2.05) is 35.7 Å². The Morgan fingerprint density at radius 3 is 2.71 bits per heavy atom. The summed E-state index contributed by atoms with van der Waals surface area (Å²) in [5.41, 5.74) is 1.44. The lowest BCUT2D eigenvalue weighted by Crippen LogP contribution is -2.43. The first-order chi connectivity index (χ1) is 14.7. The van der Waals surface area contributed by atoms with Gasteiger partial charge in [0.2, 0.25) is 0 Å². The second-order valence-corrected chi connectivity index (χ2v) is 9.23. The highest BCUT2D eigenvalue weighted by molar-refractivity contribution is 7.17. The molecule has 1 aliphatic rings. The van der Waals surface area contributed by atoms with E-state index in [0.29, 0.717) is 17.1 Å². The Bertz CT molecular complexity index is 1110. The van der Waals surface area contributed by atoms with Crippen molar-refractivity contribution in [2.45, 2.75) is 44.9 Å². The number of ether oxygens (including phenoxy) is 2. The summed E-state index contributed by atoms with van der Waals surface area (Å²) in [5.74, 6) is -0.483. The normalized spacial score (nSPS) is 18.9. The van der Waals surface area contributed by atoms with Gasteiger partial charge in [0.25, 0.3) is 0 Å². The van der Waals surface area contributed by atoms with Crippen molar-refractivity contribution < 1.29 is 24.2 Å². The summed E-state index contributed by atoms with van der Waals surface area (Å²) in [5, 5.41) is 11.6. The van der Waals surface area contributed by atoms with E-state index in [-0.39, 0.29) is 13.0 Å². The van der Waals surface area contributed by atoms with E-state index in [4.69, 9.17) is 9.47 Å². The average Bonchev–Trinajstić information content (AvgIpc) is 3.34. The molecule has 0 saturated carbocycles. The molecule has 1 aliphatic heterocycles. The maximum atomic E-state index is 12.6. The van der Waals surface area contributed by atoms with Gasteiger partial charge in [-0.3, -0.25) is 9.88 Å². The van der Waals surface area contributed by atoms with Crippen LogP contribution in [0.3, 0.4) is 0 Å². The molecule has 4 rings (SSSR count). The van der Waals surface area contributed by atoms with Gasteiger partial charge in [0.15, 0.2) is 0 Å². The molecule has 0 aliphatic carbocycles. The number of hydrogen-bond acceptors (Lipinski definition) is 7. The Morgan fingerprint density at radius 2 is 2.03 bits per heavy atom. The number of pyridine rings is 2. The minimum absolute atomic E-state index is 0.125. The van der Waals surface area contributed by atoms with Crippen LogP contribution >= 0.6 is 11.3 Å². The van der Waals surface area contributed by atoms with E-state index in [1.165, 1.54) is 16.2 Å². The van der Waals surface area contributed by atoms with Crippen molar-refractivity contribution in [1.82, 2.24) is 14.9 Å². The third kappa shape index (κ3) is 4.61. The highest BCUT2D eigenvalue weighted by atomic mass is 32.1. The van der Waals surface area contributed by atoms with Crippen molar-refractivity contribution in [2.24, 2.45) is 0 Å². The van der Waals surface area contributed by atoms with Crippen LogP contribution in [-0.2, 0) is 9.53 Å². The minimum atomic E-state index is -1.08. The molecule has 31 heavy (non-hydrogen) atoms. The molecule has 0 radical (unpaired) electrons. The van der Waals surface area contributed by atoms with E-state index in [2.05, 4.69) is 9.97 Å². The molecule has 9 heteroatoms. The Morgan fingerprint density at radius 1 is 1.23 bits per heavy atom. The Kier molecular flexibility index (Phi) is 5.53. The second-order valence-electron chi connectivity index (χ2n) is 8.32. The number of aromatic nitrogens is 2. The Labute approximate surface area is 183 Å². The number of nitrogens with zero attached hydrogens (tertiary/aromatic N) is 3. The highest BCUT2D eigenvalue weighted by Gasteiger charge is 2.42. The topological polar surface area (TPSA) is 102 Å². The molecular weight excluding hydrogens is 418 g/mol. The number of aliphatic carboxylic acids is 1. The van der Waals surface area contributed by atoms with Crippen LogP contribution in [0.25, 0.3) is 21.6 Å². The monoisotopic (exact) mass is 441 g/mol. The number of rotatable bonds is 4. The molecule has 3 aromatic heterocycles. The minimum Gasteiger partial charge on any atom is -0.487 e. The van der Waals surface area contributed by atoms with Gasteiger partial charge in [0, 0.05) is 18.7 Å². The molecule has 1 saturated heterocycles. The number of hydrogen-bond donors (Lipinski definition) is 1. The zero-order valence-corrected chi connectivity index (χ0v) is 18.3. The lowest BCUT2D eigenvalue weighted by Gasteiger charge is -2.26. The van der Waals surface area contributed by atoms with Crippen molar-refractivity contribution in [1.29, 1.82) is 0 Å². The van der Waals surface area contributed by atoms with Crippen molar-refractivity contribution >= 4 is 33.6 Å². The van der Waals surface area contributed by atoms with Crippen molar-refractivity contribution in [3.63, 3.8) is 0 Å². The number of likely N-dealkylation sites (tertiary alicyclic amines) is 1. The lowest BCUT2D eigenvalue weighted by atomic mass is 10.2. The lowest BCUT2D eigenvalue weighted by molar-refractivity contribution is -0.142. The molecule has 2 unspecified atom stereocenters. The molecule has 162 valence electrons. The molecule has 3 aromatic rings. The summed E-state index contributed by atoms with van der Waals surface area (Å²) in [6, 6.07) is 8.30. The predicted molar refractivity (Wildman–Crippen MR) is 116 cm³/mol.